The normalized spacial score (nSPS) is 12.1. The maximum absolute atomic E-state index is 9.39. The van der Waals surface area contributed by atoms with Crippen molar-refractivity contribution >= 4 is 0 Å². The number of aromatic nitrogens is 1. The first-order valence-electron chi connectivity index (χ1n) is 6.05. The summed E-state index contributed by atoms with van der Waals surface area (Å²) in [5, 5.41) is 9.39. The summed E-state index contributed by atoms with van der Waals surface area (Å²) in [7, 11) is 0. The number of nitrogens with zero attached hydrogens (tertiary/aromatic N) is 1. The van der Waals surface area contributed by atoms with E-state index in [1.165, 1.54) is 0 Å². The van der Waals surface area contributed by atoms with Crippen molar-refractivity contribution in [2.45, 2.75) is 19.4 Å². The van der Waals surface area contributed by atoms with Gasteiger partial charge < -0.3 is 9.84 Å². The summed E-state index contributed by atoms with van der Waals surface area (Å²) >= 11 is 0. The summed E-state index contributed by atoms with van der Waals surface area (Å²) in [5.74, 6) is 0.822. The van der Waals surface area contributed by atoms with Crippen LogP contribution < -0.4 is 4.74 Å². The van der Waals surface area contributed by atoms with E-state index in [0.29, 0.717) is 6.61 Å². The molecule has 2 rings (SSSR count). The van der Waals surface area contributed by atoms with E-state index in [1.807, 2.05) is 42.6 Å². The van der Waals surface area contributed by atoms with Crippen molar-refractivity contribution in [1.82, 2.24) is 4.98 Å². The molecule has 94 valence electrons. The quantitative estimate of drug-likeness (QED) is 0.878. The molecule has 3 heteroatoms. The van der Waals surface area contributed by atoms with Gasteiger partial charge in [0.1, 0.15) is 5.75 Å². The number of ether oxygens (including phenoxy) is 1. The van der Waals surface area contributed by atoms with Gasteiger partial charge in [-0.1, -0.05) is 18.2 Å². The van der Waals surface area contributed by atoms with E-state index in [2.05, 4.69) is 4.98 Å². The topological polar surface area (TPSA) is 42.4 Å². The van der Waals surface area contributed by atoms with Crippen molar-refractivity contribution < 1.29 is 9.84 Å². The molecule has 18 heavy (non-hydrogen) atoms. The van der Waals surface area contributed by atoms with Crippen LogP contribution in [0.1, 0.15) is 24.2 Å². The molecule has 3 nitrogen and oxygen atoms in total. The fourth-order valence-corrected chi connectivity index (χ4v) is 1.68. The van der Waals surface area contributed by atoms with E-state index in [1.54, 1.807) is 13.1 Å². The van der Waals surface area contributed by atoms with Crippen molar-refractivity contribution in [3.63, 3.8) is 0 Å². The Morgan fingerprint density at radius 2 is 2.00 bits per heavy atom. The molecule has 0 unspecified atom stereocenters. The molecule has 2 aromatic rings. The fraction of sp³-hybridized carbons (Fsp3) is 0.267. The summed E-state index contributed by atoms with van der Waals surface area (Å²) in [5.41, 5.74) is 2.06. The zero-order valence-corrected chi connectivity index (χ0v) is 10.4. The number of pyridine rings is 1. The second-order valence-corrected chi connectivity index (χ2v) is 4.20. The van der Waals surface area contributed by atoms with E-state index in [0.717, 1.165) is 23.3 Å². The maximum atomic E-state index is 9.39. The first kappa shape index (κ1) is 12.6. The van der Waals surface area contributed by atoms with E-state index < -0.39 is 6.10 Å². The highest BCUT2D eigenvalue weighted by molar-refractivity contribution is 5.28. The molecule has 0 bridgehead atoms. The van der Waals surface area contributed by atoms with Crippen LogP contribution in [0.2, 0.25) is 0 Å². The van der Waals surface area contributed by atoms with Gasteiger partial charge in [-0.2, -0.15) is 0 Å². The molecule has 1 aromatic carbocycles. The molecule has 0 fully saturated rings. The lowest BCUT2D eigenvalue weighted by atomic mass is 10.1. The van der Waals surface area contributed by atoms with E-state index in [-0.39, 0.29) is 0 Å². The molecule has 0 aliphatic heterocycles. The number of hydrogen-bond donors (Lipinski definition) is 1. The molecule has 1 heterocycles. The second kappa shape index (κ2) is 6.17. The van der Waals surface area contributed by atoms with Crippen LogP contribution in [0.5, 0.6) is 5.75 Å². The van der Waals surface area contributed by atoms with E-state index in [4.69, 9.17) is 4.74 Å². The van der Waals surface area contributed by atoms with Crippen LogP contribution in [-0.2, 0) is 6.42 Å². The van der Waals surface area contributed by atoms with Crippen molar-refractivity contribution in [3.8, 4) is 5.75 Å². The van der Waals surface area contributed by atoms with Crippen LogP contribution in [0.15, 0.2) is 48.8 Å². The van der Waals surface area contributed by atoms with Gasteiger partial charge in [-0.05, 0) is 36.2 Å². The van der Waals surface area contributed by atoms with Crippen molar-refractivity contribution in [1.29, 1.82) is 0 Å². The number of aliphatic hydroxyl groups is 1. The molecular weight excluding hydrogens is 226 g/mol. The predicted octanol–water partition coefficient (Wildman–Crippen LogP) is 2.76. The SMILES string of the molecule is C[C@@H](O)c1ccc(OCCc2cccnc2)cc1. The number of rotatable bonds is 5. The molecule has 0 saturated heterocycles. The minimum atomic E-state index is -0.436. The van der Waals surface area contributed by atoms with Gasteiger partial charge in [-0.15, -0.1) is 0 Å². The average molecular weight is 243 g/mol. The Morgan fingerprint density at radius 1 is 1.22 bits per heavy atom. The first-order valence-corrected chi connectivity index (χ1v) is 6.05. The predicted molar refractivity (Wildman–Crippen MR) is 70.5 cm³/mol. The highest BCUT2D eigenvalue weighted by Crippen LogP contribution is 2.17. The minimum absolute atomic E-state index is 0.436. The molecule has 0 aliphatic carbocycles. The lowest BCUT2D eigenvalue weighted by molar-refractivity contribution is 0.199. The summed E-state index contributed by atoms with van der Waals surface area (Å²) in [6.45, 7) is 2.37. The largest absolute Gasteiger partial charge is 0.493 e. The Hall–Kier alpha value is -1.87. The zero-order chi connectivity index (χ0) is 12.8. The Balaban J connectivity index is 1.83. The Bertz CT molecular complexity index is 466. The van der Waals surface area contributed by atoms with Crippen molar-refractivity contribution in [3.05, 3.63) is 59.9 Å². The number of benzene rings is 1. The van der Waals surface area contributed by atoms with Crippen molar-refractivity contribution in [2.75, 3.05) is 6.61 Å². The van der Waals surface area contributed by atoms with Crippen LogP contribution in [0.25, 0.3) is 0 Å². The fourth-order valence-electron chi connectivity index (χ4n) is 1.68. The average Bonchev–Trinajstić information content (AvgIpc) is 2.40. The Labute approximate surface area is 107 Å². The molecule has 0 aliphatic rings. The monoisotopic (exact) mass is 243 g/mol. The molecule has 0 radical (unpaired) electrons. The molecule has 1 N–H and O–H groups in total. The molecule has 0 saturated carbocycles. The Kier molecular flexibility index (Phi) is 4.31. The molecular formula is C15H17NO2. The van der Waals surface area contributed by atoms with E-state index in [9.17, 15) is 5.11 Å². The summed E-state index contributed by atoms with van der Waals surface area (Å²) in [6.07, 6.45) is 4.01. The van der Waals surface area contributed by atoms with Crippen LogP contribution in [0.4, 0.5) is 0 Å². The maximum Gasteiger partial charge on any atom is 0.119 e. The minimum Gasteiger partial charge on any atom is -0.493 e. The highest BCUT2D eigenvalue weighted by Gasteiger charge is 2.00. The van der Waals surface area contributed by atoms with Gasteiger partial charge in [-0.25, -0.2) is 0 Å². The number of hydrogen-bond acceptors (Lipinski definition) is 3. The lowest BCUT2D eigenvalue weighted by Gasteiger charge is -2.08. The van der Waals surface area contributed by atoms with Gasteiger partial charge in [0, 0.05) is 18.8 Å². The van der Waals surface area contributed by atoms with Crippen molar-refractivity contribution in [2.24, 2.45) is 0 Å². The van der Waals surface area contributed by atoms with Crippen LogP contribution in [-0.4, -0.2) is 16.7 Å². The number of aliphatic hydroxyl groups excluding tert-OH is 1. The van der Waals surface area contributed by atoms with Gasteiger partial charge in [0.15, 0.2) is 0 Å². The molecule has 1 aromatic heterocycles. The first-order chi connectivity index (χ1) is 8.75. The summed E-state index contributed by atoms with van der Waals surface area (Å²) in [4.78, 5) is 4.06. The Morgan fingerprint density at radius 3 is 2.61 bits per heavy atom. The lowest BCUT2D eigenvalue weighted by Crippen LogP contribution is -2.01. The molecule has 1 atom stereocenters. The van der Waals surface area contributed by atoms with E-state index >= 15 is 0 Å². The third-order valence-corrected chi connectivity index (χ3v) is 2.74. The highest BCUT2D eigenvalue weighted by atomic mass is 16.5. The van der Waals surface area contributed by atoms with Gasteiger partial charge in [-0.3, -0.25) is 4.98 Å². The van der Waals surface area contributed by atoms with Gasteiger partial charge in [0.05, 0.1) is 12.7 Å². The van der Waals surface area contributed by atoms with Gasteiger partial charge >= 0.3 is 0 Å². The van der Waals surface area contributed by atoms with Crippen LogP contribution in [0.3, 0.4) is 0 Å². The van der Waals surface area contributed by atoms with Gasteiger partial charge in [0.25, 0.3) is 0 Å². The third-order valence-electron chi connectivity index (χ3n) is 2.74. The zero-order valence-electron chi connectivity index (χ0n) is 10.4. The smallest absolute Gasteiger partial charge is 0.119 e. The second-order valence-electron chi connectivity index (χ2n) is 4.20. The third kappa shape index (κ3) is 3.57. The van der Waals surface area contributed by atoms with Crippen LogP contribution >= 0.6 is 0 Å². The summed E-state index contributed by atoms with van der Waals surface area (Å²) in [6, 6.07) is 11.5. The standard InChI is InChI=1S/C15H17NO2/c1-12(17)14-4-6-15(7-5-14)18-10-8-13-3-2-9-16-11-13/h2-7,9,11-12,17H,8,10H2,1H3/t12-/m1/s1. The molecule has 0 amide bonds. The van der Waals surface area contributed by atoms with Crippen LogP contribution in [0, 0.1) is 0 Å². The summed E-state index contributed by atoms with van der Waals surface area (Å²) < 4.78 is 5.64. The van der Waals surface area contributed by atoms with Gasteiger partial charge in [0.2, 0.25) is 0 Å². The molecule has 0 spiro atoms.